The molecule has 1 aromatic heterocycles. The number of aliphatic hydroxyl groups is 1. The predicted octanol–water partition coefficient (Wildman–Crippen LogP) is 1.30. The summed E-state index contributed by atoms with van der Waals surface area (Å²) in [6.45, 7) is 2.47. The number of aromatic nitrogens is 1. The smallest absolute Gasteiger partial charge is 0.341 e. The van der Waals surface area contributed by atoms with Crippen molar-refractivity contribution >= 4 is 22.6 Å². The summed E-state index contributed by atoms with van der Waals surface area (Å²) in [5.41, 5.74) is -0.576. The standard InChI is InChI=1S/C19H22FN3O5/c1-9-6-22(8-14(24)21-9)16-13(20)5-11-15(18(16)28-2)23(10-3-4-10)7-12(17(11)25)19(26)27/h5,7,9-10,14,21,24H,3-4,6,8H2,1-2H3,(H,26,27). The molecule has 0 spiro atoms. The van der Waals surface area contributed by atoms with Crippen LogP contribution in [0.2, 0.25) is 0 Å². The van der Waals surface area contributed by atoms with Crippen LogP contribution < -0.4 is 20.4 Å². The summed E-state index contributed by atoms with van der Waals surface area (Å²) < 4.78 is 22.4. The molecule has 2 atom stereocenters. The number of hydrogen-bond donors (Lipinski definition) is 3. The molecule has 1 saturated heterocycles. The number of hydrogen-bond acceptors (Lipinski definition) is 6. The third-order valence-corrected chi connectivity index (χ3v) is 5.25. The van der Waals surface area contributed by atoms with Gasteiger partial charge in [0.15, 0.2) is 11.6 Å². The van der Waals surface area contributed by atoms with Crippen molar-refractivity contribution in [2.24, 2.45) is 0 Å². The Kier molecular flexibility index (Phi) is 4.51. The number of fused-ring (bicyclic) bond motifs is 1. The molecular weight excluding hydrogens is 369 g/mol. The molecule has 4 rings (SSSR count). The summed E-state index contributed by atoms with van der Waals surface area (Å²) in [5, 5.41) is 22.4. The molecule has 1 aliphatic heterocycles. The summed E-state index contributed by atoms with van der Waals surface area (Å²) in [6, 6.07) is 1.05. The topological polar surface area (TPSA) is 104 Å². The van der Waals surface area contributed by atoms with E-state index in [0.717, 1.165) is 18.9 Å². The van der Waals surface area contributed by atoms with E-state index < -0.39 is 23.4 Å². The zero-order chi connectivity index (χ0) is 20.2. The number of piperazine rings is 1. The first kappa shape index (κ1) is 18.7. The molecule has 2 aliphatic rings. The van der Waals surface area contributed by atoms with Gasteiger partial charge in [-0.05, 0) is 25.8 Å². The first-order valence-electron chi connectivity index (χ1n) is 9.19. The molecule has 9 heteroatoms. The first-order chi connectivity index (χ1) is 13.3. The number of halogens is 1. The molecule has 1 aromatic carbocycles. The lowest BCUT2D eigenvalue weighted by Crippen LogP contribution is -2.55. The molecule has 2 heterocycles. The zero-order valence-corrected chi connectivity index (χ0v) is 15.6. The highest BCUT2D eigenvalue weighted by Gasteiger charge is 2.33. The lowest BCUT2D eigenvalue weighted by molar-refractivity contribution is 0.0694. The second-order valence-electron chi connectivity index (χ2n) is 7.44. The van der Waals surface area contributed by atoms with Crippen molar-refractivity contribution in [3.05, 3.63) is 33.9 Å². The van der Waals surface area contributed by atoms with Gasteiger partial charge in [0.2, 0.25) is 5.43 Å². The van der Waals surface area contributed by atoms with Crippen LogP contribution in [-0.2, 0) is 0 Å². The highest BCUT2D eigenvalue weighted by molar-refractivity contribution is 5.97. The quantitative estimate of drug-likeness (QED) is 0.722. The van der Waals surface area contributed by atoms with Crippen LogP contribution in [0.4, 0.5) is 10.1 Å². The number of nitrogens with zero attached hydrogens (tertiary/aromatic N) is 2. The van der Waals surface area contributed by atoms with Gasteiger partial charge >= 0.3 is 5.97 Å². The molecule has 0 bridgehead atoms. The van der Waals surface area contributed by atoms with Gasteiger partial charge in [-0.1, -0.05) is 0 Å². The van der Waals surface area contributed by atoms with Crippen molar-refractivity contribution in [1.29, 1.82) is 0 Å². The predicted molar refractivity (Wildman–Crippen MR) is 101 cm³/mol. The molecule has 2 unspecified atom stereocenters. The van der Waals surface area contributed by atoms with E-state index in [9.17, 15) is 19.8 Å². The highest BCUT2D eigenvalue weighted by Crippen LogP contribution is 2.43. The van der Waals surface area contributed by atoms with Crippen LogP contribution in [0.3, 0.4) is 0 Å². The van der Waals surface area contributed by atoms with E-state index in [1.165, 1.54) is 13.3 Å². The Bertz CT molecular complexity index is 1010. The minimum Gasteiger partial charge on any atom is -0.492 e. The average Bonchev–Trinajstić information content (AvgIpc) is 3.45. The minimum atomic E-state index is -1.34. The number of carboxylic acid groups (broad SMARTS) is 1. The molecule has 1 saturated carbocycles. The van der Waals surface area contributed by atoms with E-state index >= 15 is 4.39 Å². The molecule has 2 aromatic rings. The summed E-state index contributed by atoms with van der Waals surface area (Å²) in [4.78, 5) is 25.9. The lowest BCUT2D eigenvalue weighted by Gasteiger charge is -2.37. The minimum absolute atomic E-state index is 0.0198. The Morgan fingerprint density at radius 2 is 2.07 bits per heavy atom. The van der Waals surface area contributed by atoms with E-state index in [2.05, 4.69) is 5.32 Å². The largest absolute Gasteiger partial charge is 0.492 e. The van der Waals surface area contributed by atoms with Crippen LogP contribution in [0, 0.1) is 5.82 Å². The van der Waals surface area contributed by atoms with Crippen molar-refractivity contribution in [3.8, 4) is 5.75 Å². The Labute approximate surface area is 160 Å². The molecule has 28 heavy (non-hydrogen) atoms. The van der Waals surface area contributed by atoms with Crippen LogP contribution in [0.1, 0.15) is 36.2 Å². The number of aromatic carboxylic acids is 1. The number of nitrogens with one attached hydrogen (secondary N) is 1. The zero-order valence-electron chi connectivity index (χ0n) is 15.6. The van der Waals surface area contributed by atoms with Crippen LogP contribution in [-0.4, -0.2) is 53.2 Å². The number of β-amino-alcohol motifs (C(OH)–C–C–N with tert-alkyl or cyclic N) is 1. The maximum absolute atomic E-state index is 15.1. The third-order valence-electron chi connectivity index (χ3n) is 5.25. The number of ether oxygens (including phenoxy) is 1. The van der Waals surface area contributed by atoms with Crippen LogP contribution >= 0.6 is 0 Å². The average molecular weight is 391 g/mol. The number of carboxylic acids is 1. The van der Waals surface area contributed by atoms with Crippen molar-refractivity contribution in [2.45, 2.75) is 38.1 Å². The molecule has 0 amide bonds. The van der Waals surface area contributed by atoms with Crippen LogP contribution in [0.25, 0.3) is 10.9 Å². The number of benzene rings is 1. The number of methoxy groups -OCH3 is 1. The third kappa shape index (κ3) is 3.00. The highest BCUT2D eigenvalue weighted by atomic mass is 19.1. The van der Waals surface area contributed by atoms with E-state index in [0.29, 0.717) is 12.1 Å². The summed E-state index contributed by atoms with van der Waals surface area (Å²) in [7, 11) is 1.40. The van der Waals surface area contributed by atoms with Gasteiger partial charge in [-0.3, -0.25) is 10.1 Å². The number of aliphatic hydroxyl groups excluding tert-OH is 1. The molecule has 150 valence electrons. The van der Waals surface area contributed by atoms with Gasteiger partial charge in [-0.15, -0.1) is 0 Å². The van der Waals surface area contributed by atoms with E-state index in [1.54, 1.807) is 9.47 Å². The summed E-state index contributed by atoms with van der Waals surface area (Å²) in [5.74, 6) is -1.85. The fourth-order valence-electron chi connectivity index (χ4n) is 3.95. The number of rotatable bonds is 4. The van der Waals surface area contributed by atoms with E-state index in [1.807, 2.05) is 6.92 Å². The Morgan fingerprint density at radius 3 is 2.64 bits per heavy atom. The molecule has 0 radical (unpaired) electrons. The van der Waals surface area contributed by atoms with E-state index in [-0.39, 0.29) is 41.0 Å². The SMILES string of the molecule is COc1c(N2CC(C)NC(O)C2)c(F)cc2c(=O)c(C(=O)O)cn(C3CC3)c12. The van der Waals surface area contributed by atoms with Gasteiger partial charge in [0, 0.05) is 24.8 Å². The lowest BCUT2D eigenvalue weighted by atomic mass is 10.1. The fraction of sp³-hybridized carbons (Fsp3) is 0.474. The second kappa shape index (κ2) is 6.75. The normalized spacial score (nSPS) is 22.5. The van der Waals surface area contributed by atoms with Crippen molar-refractivity contribution < 1.29 is 24.1 Å². The van der Waals surface area contributed by atoms with Gasteiger partial charge in [0.05, 0.1) is 24.6 Å². The maximum atomic E-state index is 15.1. The van der Waals surface area contributed by atoms with Gasteiger partial charge < -0.3 is 24.4 Å². The molecule has 8 nitrogen and oxygen atoms in total. The van der Waals surface area contributed by atoms with Gasteiger partial charge in [-0.25, -0.2) is 9.18 Å². The van der Waals surface area contributed by atoms with Gasteiger partial charge in [-0.2, -0.15) is 0 Å². The van der Waals surface area contributed by atoms with Gasteiger partial charge in [0.25, 0.3) is 0 Å². The van der Waals surface area contributed by atoms with E-state index in [4.69, 9.17) is 4.74 Å². The van der Waals surface area contributed by atoms with Crippen LogP contribution in [0.15, 0.2) is 17.1 Å². The molecule has 2 fully saturated rings. The Hall–Kier alpha value is -2.65. The molecule has 1 aliphatic carbocycles. The van der Waals surface area contributed by atoms with Crippen molar-refractivity contribution in [1.82, 2.24) is 9.88 Å². The summed E-state index contributed by atoms with van der Waals surface area (Å²) in [6.07, 6.45) is 2.18. The van der Waals surface area contributed by atoms with Crippen molar-refractivity contribution in [2.75, 3.05) is 25.1 Å². The molecular formula is C19H22FN3O5. The summed E-state index contributed by atoms with van der Waals surface area (Å²) >= 11 is 0. The monoisotopic (exact) mass is 391 g/mol. The number of anilines is 1. The van der Waals surface area contributed by atoms with Crippen molar-refractivity contribution in [3.63, 3.8) is 0 Å². The number of pyridine rings is 1. The fourth-order valence-corrected chi connectivity index (χ4v) is 3.95. The Balaban J connectivity index is 2.02. The van der Waals surface area contributed by atoms with Gasteiger partial charge in [0.1, 0.15) is 17.5 Å². The maximum Gasteiger partial charge on any atom is 0.341 e. The number of carbonyl (C=O) groups is 1. The van der Waals surface area contributed by atoms with Crippen LogP contribution in [0.5, 0.6) is 5.75 Å². The Morgan fingerprint density at radius 1 is 1.36 bits per heavy atom. The molecule has 3 N–H and O–H groups in total. The first-order valence-corrected chi connectivity index (χ1v) is 9.19. The second-order valence-corrected chi connectivity index (χ2v) is 7.44.